The fourth-order valence-electron chi connectivity index (χ4n) is 2.27. The summed E-state index contributed by atoms with van der Waals surface area (Å²) in [6, 6.07) is 8.45. The van der Waals surface area contributed by atoms with Crippen molar-refractivity contribution in [3.63, 3.8) is 0 Å². The summed E-state index contributed by atoms with van der Waals surface area (Å²) < 4.78 is 5.01. The van der Waals surface area contributed by atoms with Crippen molar-refractivity contribution in [2.45, 2.75) is 25.0 Å². The molecule has 0 spiro atoms. The SMILES string of the molecule is COC(CN)C(=O)NC1Cc2ccccc2C1. The van der Waals surface area contributed by atoms with Gasteiger partial charge in [-0.15, -0.1) is 0 Å². The van der Waals surface area contributed by atoms with E-state index in [9.17, 15) is 4.79 Å². The molecule has 1 aromatic carbocycles. The Hall–Kier alpha value is -1.39. The molecule has 0 heterocycles. The van der Waals surface area contributed by atoms with Crippen LogP contribution in [-0.2, 0) is 22.4 Å². The predicted molar refractivity (Wildman–Crippen MR) is 65.6 cm³/mol. The van der Waals surface area contributed by atoms with Crippen molar-refractivity contribution >= 4 is 5.91 Å². The third kappa shape index (κ3) is 2.65. The maximum atomic E-state index is 11.8. The second kappa shape index (κ2) is 5.29. The summed E-state index contributed by atoms with van der Waals surface area (Å²) in [5.74, 6) is -0.118. The zero-order valence-electron chi connectivity index (χ0n) is 9.98. The van der Waals surface area contributed by atoms with Crippen molar-refractivity contribution < 1.29 is 9.53 Å². The Morgan fingerprint density at radius 2 is 2.06 bits per heavy atom. The number of nitrogens with one attached hydrogen (secondary N) is 1. The number of benzene rings is 1. The van der Waals surface area contributed by atoms with Gasteiger partial charge in [-0.3, -0.25) is 4.79 Å². The Morgan fingerprint density at radius 1 is 1.47 bits per heavy atom. The molecule has 1 unspecified atom stereocenters. The quantitative estimate of drug-likeness (QED) is 0.784. The van der Waals surface area contributed by atoms with Crippen molar-refractivity contribution in [3.8, 4) is 0 Å². The molecule has 4 heteroatoms. The molecule has 0 saturated heterocycles. The van der Waals surface area contributed by atoms with Crippen LogP contribution in [0, 0.1) is 0 Å². The van der Waals surface area contributed by atoms with E-state index in [0.29, 0.717) is 0 Å². The van der Waals surface area contributed by atoms with Crippen molar-refractivity contribution in [2.75, 3.05) is 13.7 Å². The molecule has 0 radical (unpaired) electrons. The van der Waals surface area contributed by atoms with E-state index in [-0.39, 0.29) is 18.5 Å². The van der Waals surface area contributed by atoms with Crippen LogP contribution >= 0.6 is 0 Å². The fraction of sp³-hybridized carbons (Fsp3) is 0.462. The van der Waals surface area contributed by atoms with E-state index in [1.165, 1.54) is 18.2 Å². The molecule has 1 aromatic rings. The van der Waals surface area contributed by atoms with E-state index < -0.39 is 6.10 Å². The molecular formula is C13H18N2O2. The van der Waals surface area contributed by atoms with E-state index in [2.05, 4.69) is 17.4 Å². The number of amides is 1. The normalized spacial score (nSPS) is 16.6. The van der Waals surface area contributed by atoms with Crippen LogP contribution in [0.15, 0.2) is 24.3 Å². The van der Waals surface area contributed by atoms with Gasteiger partial charge in [0, 0.05) is 19.7 Å². The number of hydrogen-bond donors (Lipinski definition) is 2. The van der Waals surface area contributed by atoms with Gasteiger partial charge < -0.3 is 15.8 Å². The molecule has 0 fully saturated rings. The van der Waals surface area contributed by atoms with Gasteiger partial charge in [-0.2, -0.15) is 0 Å². The smallest absolute Gasteiger partial charge is 0.250 e. The molecule has 1 aliphatic carbocycles. The minimum Gasteiger partial charge on any atom is -0.370 e. The minimum atomic E-state index is -0.543. The van der Waals surface area contributed by atoms with E-state index in [1.54, 1.807) is 0 Å². The highest BCUT2D eigenvalue weighted by Crippen LogP contribution is 2.21. The van der Waals surface area contributed by atoms with Gasteiger partial charge in [-0.05, 0) is 24.0 Å². The predicted octanol–water partition coefficient (Wildman–Crippen LogP) is 0.244. The summed E-state index contributed by atoms with van der Waals surface area (Å²) in [5, 5.41) is 2.98. The Kier molecular flexibility index (Phi) is 3.76. The zero-order chi connectivity index (χ0) is 12.3. The number of fused-ring (bicyclic) bond motifs is 1. The molecule has 0 bridgehead atoms. The summed E-state index contributed by atoms with van der Waals surface area (Å²) in [7, 11) is 1.50. The van der Waals surface area contributed by atoms with E-state index in [1.807, 2.05) is 12.1 Å². The first-order valence-electron chi connectivity index (χ1n) is 5.84. The van der Waals surface area contributed by atoms with Crippen LogP contribution in [0.25, 0.3) is 0 Å². The van der Waals surface area contributed by atoms with Gasteiger partial charge in [-0.1, -0.05) is 24.3 Å². The van der Waals surface area contributed by atoms with Crippen molar-refractivity contribution in [2.24, 2.45) is 5.73 Å². The maximum absolute atomic E-state index is 11.8. The fourth-order valence-corrected chi connectivity index (χ4v) is 2.27. The van der Waals surface area contributed by atoms with Gasteiger partial charge >= 0.3 is 0 Å². The van der Waals surface area contributed by atoms with Gasteiger partial charge in [-0.25, -0.2) is 0 Å². The van der Waals surface area contributed by atoms with Crippen LogP contribution in [0.5, 0.6) is 0 Å². The molecule has 1 atom stereocenters. The van der Waals surface area contributed by atoms with Crippen LogP contribution in [0.4, 0.5) is 0 Å². The van der Waals surface area contributed by atoms with Crippen molar-refractivity contribution in [1.82, 2.24) is 5.32 Å². The molecule has 17 heavy (non-hydrogen) atoms. The van der Waals surface area contributed by atoms with E-state index in [0.717, 1.165) is 12.8 Å². The van der Waals surface area contributed by atoms with Gasteiger partial charge in [0.1, 0.15) is 6.10 Å². The molecule has 0 saturated carbocycles. The maximum Gasteiger partial charge on any atom is 0.250 e. The highest BCUT2D eigenvalue weighted by atomic mass is 16.5. The van der Waals surface area contributed by atoms with E-state index in [4.69, 9.17) is 10.5 Å². The number of hydrogen-bond acceptors (Lipinski definition) is 3. The standard InChI is InChI=1S/C13H18N2O2/c1-17-12(8-14)13(16)15-11-6-9-4-2-3-5-10(9)7-11/h2-5,11-12H,6-8,14H2,1H3,(H,15,16). The molecular weight excluding hydrogens is 216 g/mol. The third-order valence-corrected chi connectivity index (χ3v) is 3.19. The van der Waals surface area contributed by atoms with Crippen LogP contribution in [0.3, 0.4) is 0 Å². The molecule has 0 aromatic heterocycles. The number of methoxy groups -OCH3 is 1. The number of carbonyl (C=O) groups excluding carboxylic acids is 1. The average molecular weight is 234 g/mol. The molecule has 1 aliphatic rings. The molecule has 3 N–H and O–H groups in total. The third-order valence-electron chi connectivity index (χ3n) is 3.19. The van der Waals surface area contributed by atoms with Gasteiger partial charge in [0.15, 0.2) is 0 Å². The van der Waals surface area contributed by atoms with Gasteiger partial charge in [0.25, 0.3) is 5.91 Å². The van der Waals surface area contributed by atoms with Crippen LogP contribution in [0.2, 0.25) is 0 Å². The molecule has 4 nitrogen and oxygen atoms in total. The van der Waals surface area contributed by atoms with Gasteiger partial charge in [0.2, 0.25) is 0 Å². The van der Waals surface area contributed by atoms with Crippen LogP contribution < -0.4 is 11.1 Å². The first-order valence-corrected chi connectivity index (χ1v) is 5.84. The highest BCUT2D eigenvalue weighted by molar-refractivity contribution is 5.81. The second-order valence-corrected chi connectivity index (χ2v) is 4.34. The lowest BCUT2D eigenvalue weighted by Gasteiger charge is -2.17. The zero-order valence-corrected chi connectivity index (χ0v) is 9.98. The Morgan fingerprint density at radius 3 is 2.53 bits per heavy atom. The summed E-state index contributed by atoms with van der Waals surface area (Å²) in [6.07, 6.45) is 1.24. The first kappa shape index (κ1) is 12.1. The van der Waals surface area contributed by atoms with Gasteiger partial charge in [0.05, 0.1) is 0 Å². The Bertz CT molecular complexity index is 377. The molecule has 2 rings (SSSR count). The summed E-state index contributed by atoms with van der Waals surface area (Å²) in [4.78, 5) is 11.8. The molecule has 0 aliphatic heterocycles. The molecule has 1 amide bonds. The minimum absolute atomic E-state index is 0.118. The monoisotopic (exact) mass is 234 g/mol. The Balaban J connectivity index is 1.93. The lowest BCUT2D eigenvalue weighted by molar-refractivity contribution is -0.131. The second-order valence-electron chi connectivity index (χ2n) is 4.34. The lowest BCUT2D eigenvalue weighted by Crippen LogP contribution is -2.45. The number of rotatable bonds is 4. The largest absolute Gasteiger partial charge is 0.370 e. The lowest BCUT2D eigenvalue weighted by atomic mass is 10.1. The topological polar surface area (TPSA) is 64.3 Å². The number of nitrogens with two attached hydrogens (primary N) is 1. The Labute approximate surface area is 101 Å². The van der Waals surface area contributed by atoms with Crippen molar-refractivity contribution in [3.05, 3.63) is 35.4 Å². The van der Waals surface area contributed by atoms with E-state index >= 15 is 0 Å². The number of ether oxygens (including phenoxy) is 1. The number of carbonyl (C=O) groups is 1. The summed E-state index contributed by atoms with van der Waals surface area (Å²) in [6.45, 7) is 0.210. The van der Waals surface area contributed by atoms with Crippen LogP contribution in [-0.4, -0.2) is 31.7 Å². The summed E-state index contributed by atoms with van der Waals surface area (Å²) >= 11 is 0. The van der Waals surface area contributed by atoms with Crippen molar-refractivity contribution in [1.29, 1.82) is 0 Å². The first-order chi connectivity index (χ1) is 8.24. The average Bonchev–Trinajstić information content (AvgIpc) is 2.72. The van der Waals surface area contributed by atoms with Crippen LogP contribution in [0.1, 0.15) is 11.1 Å². The highest BCUT2D eigenvalue weighted by Gasteiger charge is 2.25. The molecule has 92 valence electrons. The summed E-state index contributed by atoms with van der Waals surface area (Å²) in [5.41, 5.74) is 8.09.